The second kappa shape index (κ2) is 7.04. The van der Waals surface area contributed by atoms with Crippen molar-refractivity contribution in [2.75, 3.05) is 18.9 Å². The molecule has 0 unspecified atom stereocenters. The molecule has 2 rings (SSSR count). The number of aliphatic hydroxyl groups is 1. The molecule has 0 aromatic carbocycles. The first kappa shape index (κ1) is 15.3. The minimum atomic E-state index is -3.19. The summed E-state index contributed by atoms with van der Waals surface area (Å²) in [5.74, 6) is 0.630. The highest BCUT2D eigenvalue weighted by atomic mass is 32.2. The van der Waals surface area contributed by atoms with E-state index in [4.69, 9.17) is 5.11 Å². The van der Waals surface area contributed by atoms with Crippen LogP contribution in [-0.2, 0) is 10.0 Å². The van der Waals surface area contributed by atoms with Crippen molar-refractivity contribution in [1.29, 1.82) is 0 Å². The van der Waals surface area contributed by atoms with Crippen LogP contribution in [0, 0.1) is 5.92 Å². The van der Waals surface area contributed by atoms with Gasteiger partial charge in [-0.3, -0.25) is 0 Å². The first-order chi connectivity index (χ1) is 9.13. The maximum atomic E-state index is 12.6. The smallest absolute Gasteiger partial charge is 0.214 e. The molecule has 0 radical (unpaired) electrons. The van der Waals surface area contributed by atoms with Crippen LogP contribution in [-0.4, -0.2) is 42.8 Å². The highest BCUT2D eigenvalue weighted by Crippen LogP contribution is 2.29. The Morgan fingerprint density at radius 1 is 0.947 bits per heavy atom. The third kappa shape index (κ3) is 4.17. The topological polar surface area (TPSA) is 57.6 Å². The predicted octanol–water partition coefficient (Wildman–Crippen LogP) is 2.13. The van der Waals surface area contributed by atoms with Crippen molar-refractivity contribution in [1.82, 2.24) is 4.31 Å². The number of rotatable bonds is 6. The third-order valence-corrected chi connectivity index (χ3v) is 6.67. The zero-order valence-electron chi connectivity index (χ0n) is 11.8. The SMILES string of the molecule is O=S(=O)(CC1CCCCC1)N(CCO)C1CCCC1. The minimum absolute atomic E-state index is 0.0691. The van der Waals surface area contributed by atoms with Gasteiger partial charge in [0.05, 0.1) is 12.4 Å². The molecule has 2 aliphatic rings. The maximum absolute atomic E-state index is 12.6. The fourth-order valence-electron chi connectivity index (χ4n) is 3.59. The quantitative estimate of drug-likeness (QED) is 0.815. The molecule has 0 aromatic heterocycles. The Hall–Kier alpha value is -0.130. The van der Waals surface area contributed by atoms with Gasteiger partial charge in [0, 0.05) is 12.6 Å². The monoisotopic (exact) mass is 289 g/mol. The summed E-state index contributed by atoms with van der Waals surface area (Å²) in [7, 11) is -3.19. The second-order valence-electron chi connectivity index (χ2n) is 6.06. The Balaban J connectivity index is 2.00. The molecule has 0 spiro atoms. The summed E-state index contributed by atoms with van der Waals surface area (Å²) in [6, 6.07) is 0.140. The van der Waals surface area contributed by atoms with E-state index in [0.717, 1.165) is 38.5 Å². The lowest BCUT2D eigenvalue weighted by molar-refractivity contribution is 0.225. The molecule has 112 valence electrons. The third-order valence-electron chi connectivity index (χ3n) is 4.58. The Morgan fingerprint density at radius 3 is 2.11 bits per heavy atom. The van der Waals surface area contributed by atoms with E-state index < -0.39 is 10.0 Å². The van der Waals surface area contributed by atoms with Crippen molar-refractivity contribution >= 4 is 10.0 Å². The lowest BCUT2D eigenvalue weighted by Gasteiger charge is -2.30. The van der Waals surface area contributed by atoms with E-state index in [9.17, 15) is 8.42 Å². The van der Waals surface area contributed by atoms with Gasteiger partial charge < -0.3 is 5.11 Å². The largest absolute Gasteiger partial charge is 0.395 e. The highest BCUT2D eigenvalue weighted by Gasteiger charge is 2.33. The van der Waals surface area contributed by atoms with Crippen molar-refractivity contribution in [2.24, 2.45) is 5.92 Å². The molecule has 0 amide bonds. The van der Waals surface area contributed by atoms with E-state index >= 15 is 0 Å². The van der Waals surface area contributed by atoms with Gasteiger partial charge in [-0.15, -0.1) is 0 Å². The molecule has 2 saturated carbocycles. The molecule has 2 aliphatic carbocycles. The molecular weight excluding hydrogens is 262 g/mol. The van der Waals surface area contributed by atoms with E-state index in [2.05, 4.69) is 0 Å². The fraction of sp³-hybridized carbons (Fsp3) is 1.00. The van der Waals surface area contributed by atoms with Crippen LogP contribution in [0.15, 0.2) is 0 Å². The zero-order chi connectivity index (χ0) is 13.7. The van der Waals surface area contributed by atoms with Crippen LogP contribution in [0.3, 0.4) is 0 Å². The Labute approximate surface area is 117 Å². The molecule has 19 heavy (non-hydrogen) atoms. The predicted molar refractivity (Wildman–Crippen MR) is 76.4 cm³/mol. The van der Waals surface area contributed by atoms with Crippen LogP contribution in [0.5, 0.6) is 0 Å². The van der Waals surface area contributed by atoms with Gasteiger partial charge in [0.25, 0.3) is 0 Å². The zero-order valence-corrected chi connectivity index (χ0v) is 12.6. The molecular formula is C14H27NO3S. The Bertz CT molecular complexity index is 357. The first-order valence-electron chi connectivity index (χ1n) is 7.74. The van der Waals surface area contributed by atoms with Gasteiger partial charge >= 0.3 is 0 Å². The number of hydrogen-bond acceptors (Lipinski definition) is 3. The van der Waals surface area contributed by atoms with Crippen LogP contribution >= 0.6 is 0 Å². The first-order valence-corrected chi connectivity index (χ1v) is 9.35. The van der Waals surface area contributed by atoms with E-state index in [0.29, 0.717) is 11.7 Å². The van der Waals surface area contributed by atoms with Gasteiger partial charge in [-0.1, -0.05) is 32.1 Å². The Morgan fingerprint density at radius 2 is 1.53 bits per heavy atom. The molecule has 4 nitrogen and oxygen atoms in total. The van der Waals surface area contributed by atoms with Crippen molar-refractivity contribution in [3.05, 3.63) is 0 Å². The van der Waals surface area contributed by atoms with E-state index in [1.165, 1.54) is 19.3 Å². The molecule has 0 aromatic rings. The van der Waals surface area contributed by atoms with Crippen LogP contribution < -0.4 is 0 Å². The number of nitrogens with zero attached hydrogens (tertiary/aromatic N) is 1. The molecule has 0 aliphatic heterocycles. The van der Waals surface area contributed by atoms with Gasteiger partial charge in [0.2, 0.25) is 10.0 Å². The van der Waals surface area contributed by atoms with Gasteiger partial charge in [-0.25, -0.2) is 8.42 Å². The minimum Gasteiger partial charge on any atom is -0.395 e. The van der Waals surface area contributed by atoms with Crippen molar-refractivity contribution in [2.45, 2.75) is 63.8 Å². The second-order valence-corrected chi connectivity index (χ2v) is 8.02. The standard InChI is InChI=1S/C14H27NO3S/c16-11-10-15(14-8-4-5-9-14)19(17,18)12-13-6-2-1-3-7-13/h13-14,16H,1-12H2. The van der Waals surface area contributed by atoms with Crippen molar-refractivity contribution in [3.8, 4) is 0 Å². The summed E-state index contributed by atoms with van der Waals surface area (Å²) in [4.78, 5) is 0. The Kier molecular flexibility index (Phi) is 5.66. The summed E-state index contributed by atoms with van der Waals surface area (Å²) in [5.41, 5.74) is 0. The number of aliphatic hydroxyl groups excluding tert-OH is 1. The van der Waals surface area contributed by atoms with Crippen molar-refractivity contribution in [3.63, 3.8) is 0 Å². The average Bonchev–Trinajstić information content (AvgIpc) is 2.90. The lowest BCUT2D eigenvalue weighted by atomic mass is 9.91. The van der Waals surface area contributed by atoms with Gasteiger partial charge in [-0.05, 0) is 31.6 Å². The van der Waals surface area contributed by atoms with E-state index in [1.807, 2.05) is 0 Å². The summed E-state index contributed by atoms with van der Waals surface area (Å²) >= 11 is 0. The molecule has 1 N–H and O–H groups in total. The molecule has 0 atom stereocenters. The van der Waals surface area contributed by atoms with Crippen LogP contribution in [0.2, 0.25) is 0 Å². The van der Waals surface area contributed by atoms with Crippen LogP contribution in [0.1, 0.15) is 57.8 Å². The summed E-state index contributed by atoms with van der Waals surface area (Å²) in [6.07, 6.45) is 9.85. The van der Waals surface area contributed by atoms with Crippen LogP contribution in [0.25, 0.3) is 0 Å². The number of sulfonamides is 1. The molecule has 5 heteroatoms. The van der Waals surface area contributed by atoms with Gasteiger partial charge in [0.15, 0.2) is 0 Å². The lowest BCUT2D eigenvalue weighted by Crippen LogP contribution is -2.43. The van der Waals surface area contributed by atoms with Gasteiger partial charge in [0.1, 0.15) is 0 Å². The molecule has 0 bridgehead atoms. The molecule has 0 saturated heterocycles. The molecule has 2 fully saturated rings. The van der Waals surface area contributed by atoms with Crippen molar-refractivity contribution < 1.29 is 13.5 Å². The fourth-order valence-corrected chi connectivity index (χ4v) is 5.73. The van der Waals surface area contributed by atoms with Crippen LogP contribution in [0.4, 0.5) is 0 Å². The molecule has 0 heterocycles. The summed E-state index contributed by atoms with van der Waals surface area (Å²) in [6.45, 7) is 0.208. The number of hydrogen-bond donors (Lipinski definition) is 1. The van der Waals surface area contributed by atoms with E-state index in [1.54, 1.807) is 4.31 Å². The summed E-state index contributed by atoms with van der Waals surface area (Å²) < 4.78 is 26.8. The highest BCUT2D eigenvalue weighted by molar-refractivity contribution is 7.89. The normalized spacial score (nSPS) is 23.3. The van der Waals surface area contributed by atoms with Gasteiger partial charge in [-0.2, -0.15) is 4.31 Å². The maximum Gasteiger partial charge on any atom is 0.214 e. The average molecular weight is 289 g/mol. The van der Waals surface area contributed by atoms with E-state index in [-0.39, 0.29) is 19.2 Å². The summed E-state index contributed by atoms with van der Waals surface area (Å²) in [5, 5.41) is 9.16.